The molecule has 0 radical (unpaired) electrons. The van der Waals surface area contributed by atoms with E-state index >= 15 is 0 Å². The third-order valence-corrected chi connectivity index (χ3v) is 11.4. The zero-order valence-electron chi connectivity index (χ0n) is 29.1. The number of amides is 3. The minimum atomic E-state index is -5.08. The highest BCUT2D eigenvalue weighted by atomic mass is 32.1. The van der Waals surface area contributed by atoms with Gasteiger partial charge in [-0.2, -0.15) is 13.2 Å². The summed E-state index contributed by atoms with van der Waals surface area (Å²) in [4.78, 5) is 53.1. The first kappa shape index (κ1) is 39.2. The number of halogens is 3. The van der Waals surface area contributed by atoms with E-state index in [2.05, 4.69) is 20.9 Å². The van der Waals surface area contributed by atoms with E-state index in [9.17, 15) is 27.6 Å². The monoisotopic (exact) mass is 744 g/mol. The molecule has 3 aromatic rings. The van der Waals surface area contributed by atoms with Crippen LogP contribution in [-0.2, 0) is 25.5 Å². The van der Waals surface area contributed by atoms with Gasteiger partial charge >= 0.3 is 12.1 Å². The summed E-state index contributed by atoms with van der Waals surface area (Å²) in [6.07, 6.45) is 3.63. The second-order valence-electron chi connectivity index (χ2n) is 13.8. The lowest BCUT2D eigenvalue weighted by molar-refractivity contribution is -0.192. The Morgan fingerprint density at radius 1 is 0.942 bits per heavy atom. The summed E-state index contributed by atoms with van der Waals surface area (Å²) in [6, 6.07) is 19.5. The second kappa shape index (κ2) is 18.2. The Morgan fingerprint density at radius 2 is 1.58 bits per heavy atom. The maximum atomic E-state index is 14.0. The molecule has 14 heteroatoms. The zero-order chi connectivity index (χ0) is 37.1. The molecule has 3 aliphatic rings. The molecule has 0 bridgehead atoms. The number of aliphatic carboxylic acids is 1. The van der Waals surface area contributed by atoms with Crippen molar-refractivity contribution in [1.82, 2.24) is 20.9 Å². The first-order valence-corrected chi connectivity index (χ1v) is 18.8. The third kappa shape index (κ3) is 10.8. The molecule has 2 aliphatic heterocycles. The molecule has 2 saturated heterocycles. The molecule has 6 rings (SSSR count). The van der Waals surface area contributed by atoms with Gasteiger partial charge in [0.25, 0.3) is 5.91 Å². The Balaban J connectivity index is 0.000000679. The number of hydrogen-bond donors (Lipinski definition) is 4. The van der Waals surface area contributed by atoms with Gasteiger partial charge in [-0.25, -0.2) is 4.79 Å². The van der Waals surface area contributed by atoms with Gasteiger partial charge in [-0.05, 0) is 87.0 Å². The number of fused-ring (bicyclic) bond motifs is 1. The Bertz CT molecular complexity index is 1620. The van der Waals surface area contributed by atoms with Gasteiger partial charge in [0.15, 0.2) is 0 Å². The van der Waals surface area contributed by atoms with Gasteiger partial charge in [0.05, 0.1) is 4.88 Å². The number of carbonyl (C=O) groups excluding carboxylic acids is 3. The summed E-state index contributed by atoms with van der Waals surface area (Å²) in [6.45, 7) is 4.57. The number of likely N-dealkylation sites (tertiary alicyclic amines) is 1. The molecule has 0 unspecified atom stereocenters. The predicted molar refractivity (Wildman–Crippen MR) is 192 cm³/mol. The van der Waals surface area contributed by atoms with Gasteiger partial charge in [0, 0.05) is 36.9 Å². The highest BCUT2D eigenvalue weighted by molar-refractivity contribution is 7.20. The molecule has 1 aliphatic carbocycles. The highest BCUT2D eigenvalue weighted by Crippen LogP contribution is 2.32. The SMILES string of the molecule is O=C(NC1(C(=O)N[C@H](Cc2ccccc2)C(=O)NCCC2CCN(C3CCOCC3)CC2)CCCC1)c1cc2ccccc2s1.O=C(O)C(F)(F)F. The first-order valence-electron chi connectivity index (χ1n) is 18.0. The number of nitrogens with zero attached hydrogens (tertiary/aromatic N) is 1. The van der Waals surface area contributed by atoms with Crippen molar-refractivity contribution in [3.05, 3.63) is 71.1 Å². The third-order valence-electron chi connectivity index (χ3n) is 10.2. The summed E-state index contributed by atoms with van der Waals surface area (Å²) < 4.78 is 38.3. The summed E-state index contributed by atoms with van der Waals surface area (Å²) in [5.74, 6) is -2.84. The van der Waals surface area contributed by atoms with Crippen molar-refractivity contribution in [3.63, 3.8) is 0 Å². The van der Waals surface area contributed by atoms with E-state index in [1.165, 1.54) is 11.3 Å². The van der Waals surface area contributed by atoms with Crippen LogP contribution in [0.3, 0.4) is 0 Å². The number of hydrogen-bond acceptors (Lipinski definition) is 7. The molecule has 1 atom stereocenters. The molecule has 52 heavy (non-hydrogen) atoms. The van der Waals surface area contributed by atoms with E-state index in [1.54, 1.807) is 0 Å². The smallest absolute Gasteiger partial charge is 0.475 e. The van der Waals surface area contributed by atoms with E-state index in [0.717, 1.165) is 86.9 Å². The number of nitrogens with one attached hydrogen (secondary N) is 3. The van der Waals surface area contributed by atoms with Crippen LogP contribution in [-0.4, -0.2) is 90.3 Å². The molecule has 2 aromatic carbocycles. The topological polar surface area (TPSA) is 137 Å². The van der Waals surface area contributed by atoms with Gasteiger partial charge < -0.3 is 30.7 Å². The standard InChI is InChI=1S/C36H46N4O4S.C2HF3O2/c41-33(37-19-12-26-13-20-40(21-14-26)29-15-22-44-23-16-29)30(24-27-8-2-1-3-9-27)38-35(43)36(17-6-7-18-36)39-34(42)32-25-28-10-4-5-11-31(28)45-32;3-2(4,5)1(6)7/h1-5,8-11,25-26,29-30H,6-7,12-24H2,(H,37,41)(H,38,43)(H,39,42);(H,6,7)/t30-;/m1./s1. The number of thiophene rings is 1. The van der Waals surface area contributed by atoms with Crippen LogP contribution in [0.1, 0.15) is 73.0 Å². The van der Waals surface area contributed by atoms with Crippen molar-refractivity contribution in [3.8, 4) is 0 Å². The lowest BCUT2D eigenvalue weighted by Gasteiger charge is -2.39. The Labute approximate surface area is 305 Å². The number of rotatable bonds is 11. The van der Waals surface area contributed by atoms with E-state index in [1.807, 2.05) is 60.7 Å². The van der Waals surface area contributed by atoms with E-state index in [-0.39, 0.29) is 17.7 Å². The zero-order valence-corrected chi connectivity index (χ0v) is 29.9. The molecular formula is C38H47F3N4O6S. The van der Waals surface area contributed by atoms with Crippen LogP contribution in [0, 0.1) is 5.92 Å². The number of carboxylic acids is 1. The normalized spacial score (nSPS) is 18.9. The molecule has 3 fully saturated rings. The molecule has 0 spiro atoms. The summed E-state index contributed by atoms with van der Waals surface area (Å²) in [5.41, 5.74) is -0.0470. The quantitative estimate of drug-likeness (QED) is 0.198. The Kier molecular flexibility index (Phi) is 13.7. The van der Waals surface area contributed by atoms with Gasteiger partial charge in [-0.3, -0.25) is 14.4 Å². The van der Waals surface area contributed by atoms with E-state index in [4.69, 9.17) is 14.6 Å². The van der Waals surface area contributed by atoms with Gasteiger partial charge in [-0.15, -0.1) is 11.3 Å². The van der Waals surface area contributed by atoms with E-state index in [0.29, 0.717) is 42.6 Å². The first-order chi connectivity index (χ1) is 24.9. The average Bonchev–Trinajstić information content (AvgIpc) is 3.81. The lowest BCUT2D eigenvalue weighted by atomic mass is 9.91. The van der Waals surface area contributed by atoms with Crippen molar-refractivity contribution >= 4 is 45.1 Å². The van der Waals surface area contributed by atoms with Gasteiger partial charge in [-0.1, -0.05) is 61.4 Å². The molecule has 3 heterocycles. The predicted octanol–water partition coefficient (Wildman–Crippen LogP) is 5.70. The van der Waals surface area contributed by atoms with Crippen molar-refractivity contribution in [2.75, 3.05) is 32.8 Å². The Hall–Kier alpha value is -4.01. The van der Waals surface area contributed by atoms with E-state index < -0.39 is 23.7 Å². The van der Waals surface area contributed by atoms with Crippen LogP contribution in [0.25, 0.3) is 10.1 Å². The lowest BCUT2D eigenvalue weighted by Crippen LogP contribution is -2.61. The highest BCUT2D eigenvalue weighted by Gasteiger charge is 2.44. The van der Waals surface area contributed by atoms with Crippen LogP contribution in [0.5, 0.6) is 0 Å². The number of piperidine rings is 1. The van der Waals surface area contributed by atoms with Crippen molar-refractivity contribution < 1.29 is 42.2 Å². The fourth-order valence-corrected chi connectivity index (χ4v) is 8.25. The largest absolute Gasteiger partial charge is 0.490 e. The van der Waals surface area contributed by atoms with Crippen LogP contribution in [0.4, 0.5) is 13.2 Å². The summed E-state index contributed by atoms with van der Waals surface area (Å²) >= 11 is 1.43. The van der Waals surface area contributed by atoms with Crippen molar-refractivity contribution in [2.45, 2.75) is 88.0 Å². The average molecular weight is 745 g/mol. The minimum absolute atomic E-state index is 0.171. The maximum Gasteiger partial charge on any atom is 0.490 e. The molecule has 10 nitrogen and oxygen atoms in total. The number of alkyl halides is 3. The molecule has 1 saturated carbocycles. The molecule has 282 valence electrons. The number of carbonyl (C=O) groups is 4. The van der Waals surface area contributed by atoms with Crippen molar-refractivity contribution in [2.24, 2.45) is 5.92 Å². The minimum Gasteiger partial charge on any atom is -0.475 e. The van der Waals surface area contributed by atoms with Crippen LogP contribution >= 0.6 is 11.3 Å². The molecule has 4 N–H and O–H groups in total. The second-order valence-corrected chi connectivity index (χ2v) is 14.9. The molecule has 1 aromatic heterocycles. The summed E-state index contributed by atoms with van der Waals surface area (Å²) in [5, 5.41) is 17.5. The van der Waals surface area contributed by atoms with Gasteiger partial charge in [0.2, 0.25) is 11.8 Å². The number of benzene rings is 2. The Morgan fingerprint density at radius 3 is 2.21 bits per heavy atom. The fraction of sp³-hybridized carbons (Fsp3) is 0.526. The van der Waals surface area contributed by atoms with Crippen LogP contribution in [0.15, 0.2) is 60.7 Å². The van der Waals surface area contributed by atoms with Crippen LogP contribution in [0.2, 0.25) is 0 Å². The number of ether oxygens (including phenoxy) is 1. The van der Waals surface area contributed by atoms with Crippen LogP contribution < -0.4 is 16.0 Å². The fourth-order valence-electron chi connectivity index (χ4n) is 7.30. The van der Waals surface area contributed by atoms with Gasteiger partial charge in [0.1, 0.15) is 11.6 Å². The van der Waals surface area contributed by atoms with Crippen molar-refractivity contribution in [1.29, 1.82) is 0 Å². The molecule has 3 amide bonds. The summed E-state index contributed by atoms with van der Waals surface area (Å²) in [7, 11) is 0. The number of carboxylic acid groups (broad SMARTS) is 1. The maximum absolute atomic E-state index is 14.0. The molecular weight excluding hydrogens is 698 g/mol.